The number of phenols is 2. The number of benzene rings is 2. The molecule has 0 bridgehead atoms. The zero-order valence-corrected chi connectivity index (χ0v) is 23.0. The second kappa shape index (κ2) is 9.86. The van der Waals surface area contributed by atoms with E-state index in [9.17, 15) is 24.6 Å². The number of carbonyl (C=O) groups excluding carboxylic acids is 3. The maximum Gasteiger partial charge on any atom is 0.194 e. The molecule has 1 aromatic heterocycles. The van der Waals surface area contributed by atoms with Gasteiger partial charge in [-0.1, -0.05) is 29.8 Å². The van der Waals surface area contributed by atoms with E-state index in [4.69, 9.17) is 9.15 Å². The van der Waals surface area contributed by atoms with Crippen molar-refractivity contribution in [2.75, 3.05) is 6.54 Å². The summed E-state index contributed by atoms with van der Waals surface area (Å²) >= 11 is 0. The van der Waals surface area contributed by atoms with Gasteiger partial charge in [-0.05, 0) is 58.7 Å². The number of fused-ring (bicyclic) bond motifs is 3. The summed E-state index contributed by atoms with van der Waals surface area (Å²) in [5, 5.41) is 24.8. The van der Waals surface area contributed by atoms with Crippen LogP contribution in [0.2, 0.25) is 0 Å². The number of Topliss-reactive ketones (excluding diaryl/α,β-unsaturated/α-hetero) is 2. The molecule has 0 spiro atoms. The van der Waals surface area contributed by atoms with Gasteiger partial charge in [0.1, 0.15) is 39.7 Å². The fraction of sp³-hybridized carbons (Fsp3) is 0.281. The van der Waals surface area contributed by atoms with Gasteiger partial charge in [-0.2, -0.15) is 0 Å². The van der Waals surface area contributed by atoms with Crippen LogP contribution in [0.15, 0.2) is 70.2 Å². The second-order valence-corrected chi connectivity index (χ2v) is 10.6. The number of rotatable bonds is 7. The zero-order valence-electron chi connectivity index (χ0n) is 23.0. The van der Waals surface area contributed by atoms with Gasteiger partial charge in [0.25, 0.3) is 0 Å². The molecule has 0 saturated heterocycles. The summed E-state index contributed by atoms with van der Waals surface area (Å²) < 4.78 is 11.5. The predicted octanol–water partition coefficient (Wildman–Crippen LogP) is 5.28. The van der Waals surface area contributed by atoms with E-state index in [1.54, 1.807) is 20.1 Å². The first kappa shape index (κ1) is 27.0. The van der Waals surface area contributed by atoms with Crippen LogP contribution in [0.4, 0.5) is 0 Å². The van der Waals surface area contributed by atoms with Crippen LogP contribution in [-0.2, 0) is 15.0 Å². The summed E-state index contributed by atoms with van der Waals surface area (Å²) in [6.45, 7) is 8.40. The molecule has 3 N–H and O–H groups in total. The monoisotopic (exact) mass is 541 g/mol. The number of aryl methyl sites for hydroxylation is 1. The number of ether oxygens (including phenoxy) is 1. The molecule has 8 heteroatoms. The Kier molecular flexibility index (Phi) is 6.66. The molecule has 206 valence electrons. The molecular weight excluding hydrogens is 510 g/mol. The van der Waals surface area contributed by atoms with Crippen molar-refractivity contribution in [3.8, 4) is 17.2 Å². The van der Waals surface area contributed by atoms with Gasteiger partial charge < -0.3 is 24.7 Å². The van der Waals surface area contributed by atoms with Crippen LogP contribution in [0, 0.1) is 13.8 Å². The highest BCUT2D eigenvalue weighted by atomic mass is 16.5. The smallest absolute Gasteiger partial charge is 0.194 e. The summed E-state index contributed by atoms with van der Waals surface area (Å²) in [6.07, 6.45) is 3.49. The van der Waals surface area contributed by atoms with Crippen LogP contribution < -0.4 is 10.1 Å². The molecule has 2 atom stereocenters. The first-order valence-corrected chi connectivity index (χ1v) is 13.1. The fourth-order valence-corrected chi connectivity index (χ4v) is 5.62. The van der Waals surface area contributed by atoms with Gasteiger partial charge in [0.2, 0.25) is 0 Å². The molecule has 0 unspecified atom stereocenters. The van der Waals surface area contributed by atoms with Gasteiger partial charge in [0.15, 0.2) is 17.3 Å². The Hall–Kier alpha value is -4.59. The number of aromatic hydroxyl groups is 2. The molecule has 40 heavy (non-hydrogen) atoms. The minimum absolute atomic E-state index is 0.00843. The molecule has 0 saturated carbocycles. The first-order chi connectivity index (χ1) is 19.0. The number of allylic oxidation sites excluding steroid dienone is 4. The maximum absolute atomic E-state index is 14.0. The number of hydrogen-bond donors (Lipinski definition) is 3. The Morgan fingerprint density at radius 1 is 1.05 bits per heavy atom. The predicted molar refractivity (Wildman–Crippen MR) is 148 cm³/mol. The third-order valence-electron chi connectivity index (χ3n) is 7.95. The van der Waals surface area contributed by atoms with E-state index >= 15 is 0 Å². The van der Waals surface area contributed by atoms with Crippen molar-refractivity contribution >= 4 is 17.3 Å². The molecule has 0 fully saturated rings. The number of carbonyl (C=O) groups is 3. The molecule has 2 aliphatic rings. The van der Waals surface area contributed by atoms with Crippen molar-refractivity contribution in [2.45, 2.75) is 52.4 Å². The number of nitrogens with one attached hydrogen (secondary N) is 1. The van der Waals surface area contributed by atoms with Crippen LogP contribution >= 0.6 is 0 Å². The largest absolute Gasteiger partial charge is 0.507 e. The highest BCUT2D eigenvalue weighted by molar-refractivity contribution is 6.31. The Bertz CT molecular complexity index is 1610. The van der Waals surface area contributed by atoms with Gasteiger partial charge in [-0.3, -0.25) is 14.4 Å². The minimum atomic E-state index is -1.55. The topological polar surface area (TPSA) is 126 Å². The van der Waals surface area contributed by atoms with Crippen molar-refractivity contribution in [2.24, 2.45) is 0 Å². The number of furan rings is 1. The van der Waals surface area contributed by atoms with Crippen molar-refractivity contribution in [1.82, 2.24) is 5.32 Å². The normalized spacial score (nSPS) is 19.9. The first-order valence-electron chi connectivity index (χ1n) is 13.1. The van der Waals surface area contributed by atoms with E-state index in [-0.39, 0.29) is 45.4 Å². The molecule has 1 aliphatic carbocycles. The van der Waals surface area contributed by atoms with Crippen LogP contribution in [-0.4, -0.2) is 34.1 Å². The second-order valence-electron chi connectivity index (χ2n) is 10.6. The van der Waals surface area contributed by atoms with E-state index < -0.39 is 28.5 Å². The number of phenolic OH excluding ortho intramolecular Hbond substituents is 2. The van der Waals surface area contributed by atoms with E-state index in [2.05, 4.69) is 17.4 Å². The van der Waals surface area contributed by atoms with E-state index in [0.717, 1.165) is 16.9 Å². The van der Waals surface area contributed by atoms with Crippen LogP contribution in [0.5, 0.6) is 17.2 Å². The van der Waals surface area contributed by atoms with Gasteiger partial charge in [-0.25, -0.2) is 0 Å². The Morgan fingerprint density at radius 3 is 2.38 bits per heavy atom. The van der Waals surface area contributed by atoms with Crippen molar-refractivity contribution < 1.29 is 33.8 Å². The standard InChI is InChI=1S/C32H31NO7/c1-16-8-10-20(11-9-16)21(23-7-6-14-39-23)12-13-33-18(3)25-22(35)15-24-32(5,31(25)38)27-29(37)17(2)28(36)26(19(4)34)30(27)40-24/h6-11,14-15,21,33,36-37H,12-13H2,1-5H3/b25-18+/t21-,32-/m0/s1. The molecule has 0 amide bonds. The van der Waals surface area contributed by atoms with E-state index in [1.807, 2.05) is 31.2 Å². The number of hydrogen-bond acceptors (Lipinski definition) is 8. The van der Waals surface area contributed by atoms with Gasteiger partial charge in [0, 0.05) is 29.8 Å². The van der Waals surface area contributed by atoms with Crippen LogP contribution in [0.3, 0.4) is 0 Å². The molecule has 2 aromatic carbocycles. The third kappa shape index (κ3) is 4.11. The average Bonchev–Trinajstić information content (AvgIpc) is 3.53. The summed E-state index contributed by atoms with van der Waals surface area (Å²) in [5.41, 5.74) is 1.02. The molecule has 2 heterocycles. The summed E-state index contributed by atoms with van der Waals surface area (Å²) in [6, 6.07) is 12.0. The van der Waals surface area contributed by atoms with Crippen molar-refractivity contribution in [3.63, 3.8) is 0 Å². The van der Waals surface area contributed by atoms with Crippen molar-refractivity contribution in [1.29, 1.82) is 0 Å². The lowest BCUT2D eigenvalue weighted by Crippen LogP contribution is -2.41. The molecule has 8 nitrogen and oxygen atoms in total. The fourth-order valence-electron chi connectivity index (χ4n) is 5.62. The van der Waals surface area contributed by atoms with Crippen molar-refractivity contribution in [3.05, 3.63) is 99.3 Å². The highest BCUT2D eigenvalue weighted by Crippen LogP contribution is 2.57. The number of ketones is 3. The average molecular weight is 542 g/mol. The summed E-state index contributed by atoms with van der Waals surface area (Å²) in [7, 11) is 0. The zero-order chi connectivity index (χ0) is 28.9. The lowest BCUT2D eigenvalue weighted by atomic mass is 9.70. The lowest BCUT2D eigenvalue weighted by Gasteiger charge is -2.29. The Labute approximate surface area is 232 Å². The summed E-state index contributed by atoms with van der Waals surface area (Å²) in [4.78, 5) is 39.6. The Balaban J connectivity index is 1.47. The minimum Gasteiger partial charge on any atom is -0.507 e. The lowest BCUT2D eigenvalue weighted by molar-refractivity contribution is -0.123. The quantitative estimate of drug-likeness (QED) is 0.210. The van der Waals surface area contributed by atoms with Crippen LogP contribution in [0.1, 0.15) is 71.5 Å². The SMILES string of the molecule is CC(=O)c1c(O)c(C)c(O)c2c1OC1=CC(=O)/C(=C(/C)NCC[C@@H](c3ccc(C)cc3)c3ccco3)C(=O)[C@@]12C. The molecule has 3 aromatic rings. The highest BCUT2D eigenvalue weighted by Gasteiger charge is 2.56. The van der Waals surface area contributed by atoms with Gasteiger partial charge >= 0.3 is 0 Å². The molecule has 5 rings (SSSR count). The van der Waals surface area contributed by atoms with Gasteiger partial charge in [-0.15, -0.1) is 0 Å². The maximum atomic E-state index is 14.0. The Morgan fingerprint density at radius 2 is 1.75 bits per heavy atom. The van der Waals surface area contributed by atoms with E-state index in [0.29, 0.717) is 18.7 Å². The van der Waals surface area contributed by atoms with E-state index in [1.165, 1.54) is 19.9 Å². The molecule has 0 radical (unpaired) electrons. The molecule has 1 aliphatic heterocycles. The van der Waals surface area contributed by atoms with Crippen LogP contribution in [0.25, 0.3) is 0 Å². The summed E-state index contributed by atoms with van der Waals surface area (Å²) in [5.74, 6) is -1.67. The van der Waals surface area contributed by atoms with Gasteiger partial charge in [0.05, 0.1) is 17.4 Å². The molecular formula is C32H31NO7. The third-order valence-corrected chi connectivity index (χ3v) is 7.95.